The molecule has 0 saturated heterocycles. The summed E-state index contributed by atoms with van der Waals surface area (Å²) in [5.74, 6) is -0.427. The van der Waals surface area contributed by atoms with Crippen molar-refractivity contribution in [3.8, 4) is 0 Å². The van der Waals surface area contributed by atoms with Crippen LogP contribution in [-0.4, -0.2) is 20.8 Å². The summed E-state index contributed by atoms with van der Waals surface area (Å²) < 4.78 is 0.528. The number of carbonyl (C=O) groups is 1. The molecule has 0 atom stereocenters. The van der Waals surface area contributed by atoms with Crippen molar-refractivity contribution >= 4 is 5.78 Å². The summed E-state index contributed by atoms with van der Waals surface area (Å²) in [7, 11) is 0. The van der Waals surface area contributed by atoms with Crippen LogP contribution in [0.5, 0.6) is 0 Å². The van der Waals surface area contributed by atoms with Crippen molar-refractivity contribution in [1.82, 2.24) is 4.73 Å². The fourth-order valence-corrected chi connectivity index (χ4v) is 0.960. The Morgan fingerprint density at radius 2 is 2.00 bits per heavy atom. The number of aliphatic hydroxyl groups excluding tert-OH is 1. The molecule has 0 saturated carbocycles. The monoisotopic (exact) mass is 221 g/mol. The van der Waals surface area contributed by atoms with Gasteiger partial charge >= 0.3 is 0 Å². The lowest BCUT2D eigenvalue weighted by Crippen LogP contribution is -2.13. The average molecular weight is 221 g/mol. The molecule has 2 rings (SSSR count). The highest BCUT2D eigenvalue weighted by Gasteiger charge is 2.03. The molecule has 0 aromatic carbocycles. The van der Waals surface area contributed by atoms with E-state index in [1.807, 2.05) is 0 Å². The second-order valence-electron chi connectivity index (χ2n) is 2.98. The van der Waals surface area contributed by atoms with Crippen molar-refractivity contribution in [3.63, 3.8) is 0 Å². The van der Waals surface area contributed by atoms with Crippen molar-refractivity contribution in [1.29, 1.82) is 0 Å². The smallest absolute Gasteiger partial charge is 0.282 e. The highest BCUT2D eigenvalue weighted by atomic mass is 16.5. The van der Waals surface area contributed by atoms with Crippen molar-refractivity contribution in [2.75, 3.05) is 0 Å². The second-order valence-corrected chi connectivity index (χ2v) is 2.98. The third kappa shape index (κ3) is 3.45. The lowest BCUT2D eigenvalue weighted by molar-refractivity contribution is -0.113. The van der Waals surface area contributed by atoms with Gasteiger partial charge in [0, 0.05) is 12.3 Å². The van der Waals surface area contributed by atoms with E-state index in [0.29, 0.717) is 11.2 Å². The zero-order chi connectivity index (χ0) is 12.0. The maximum Gasteiger partial charge on any atom is 0.282 e. The molecule has 2 N–H and O–H groups in total. The molecule has 5 heteroatoms. The molecule has 16 heavy (non-hydrogen) atoms. The van der Waals surface area contributed by atoms with E-state index in [-0.39, 0.29) is 11.5 Å². The Hall–Kier alpha value is -2.30. The van der Waals surface area contributed by atoms with Gasteiger partial charge in [-0.1, -0.05) is 12.1 Å². The van der Waals surface area contributed by atoms with E-state index >= 15 is 0 Å². The average Bonchev–Trinajstić information content (AvgIpc) is 2.28. The van der Waals surface area contributed by atoms with Gasteiger partial charge in [0.15, 0.2) is 5.76 Å². The third-order valence-electron chi connectivity index (χ3n) is 1.77. The molecule has 0 aliphatic heterocycles. The number of carbonyl (C=O) groups excluding carboxylic acids is 1. The molecule has 1 aromatic rings. The quantitative estimate of drug-likeness (QED) is 0.641. The Morgan fingerprint density at radius 3 is 2.38 bits per heavy atom. The lowest BCUT2D eigenvalue weighted by atomic mass is 10.2. The van der Waals surface area contributed by atoms with Gasteiger partial charge in [0.1, 0.15) is 0 Å². The molecule has 1 heterocycles. The Balaban J connectivity index is 0.000000160. The molecule has 0 radical (unpaired) electrons. The van der Waals surface area contributed by atoms with Crippen LogP contribution in [0.4, 0.5) is 0 Å². The van der Waals surface area contributed by atoms with Gasteiger partial charge in [0.2, 0.25) is 5.78 Å². The van der Waals surface area contributed by atoms with Gasteiger partial charge in [-0.3, -0.25) is 9.59 Å². The molecule has 5 nitrogen and oxygen atoms in total. The van der Waals surface area contributed by atoms with E-state index in [9.17, 15) is 9.59 Å². The second kappa shape index (κ2) is 5.55. The third-order valence-corrected chi connectivity index (χ3v) is 1.77. The van der Waals surface area contributed by atoms with Crippen molar-refractivity contribution in [2.45, 2.75) is 6.42 Å². The standard InChI is InChI=1S/C6H6O2.C5H5NO2/c2*7-5-3-1-2-4-6(5)8/h1,3-4,8H,2H2;1-4,8H. The molecule has 0 unspecified atom stereocenters. The van der Waals surface area contributed by atoms with Crippen LogP contribution in [0.3, 0.4) is 0 Å². The molecule has 0 amide bonds. The highest BCUT2D eigenvalue weighted by Crippen LogP contribution is 2.02. The first-order valence-electron chi connectivity index (χ1n) is 4.58. The van der Waals surface area contributed by atoms with E-state index in [0.717, 1.165) is 0 Å². The van der Waals surface area contributed by atoms with Gasteiger partial charge in [0.25, 0.3) is 5.56 Å². The zero-order valence-corrected chi connectivity index (χ0v) is 8.41. The summed E-state index contributed by atoms with van der Waals surface area (Å²) in [6.07, 6.45) is 6.51. The number of nitrogens with zero attached hydrogens (tertiary/aromatic N) is 1. The summed E-state index contributed by atoms with van der Waals surface area (Å²) in [6.45, 7) is 0. The van der Waals surface area contributed by atoms with Gasteiger partial charge in [-0.2, -0.15) is 4.73 Å². The number of aromatic nitrogens is 1. The topological polar surface area (TPSA) is 79.5 Å². The Bertz CT molecular complexity index is 485. The highest BCUT2D eigenvalue weighted by molar-refractivity contribution is 6.02. The summed E-state index contributed by atoms with van der Waals surface area (Å²) in [6, 6.07) is 4.41. The molecule has 1 aliphatic rings. The molecule has 1 aliphatic carbocycles. The fourth-order valence-electron chi connectivity index (χ4n) is 0.960. The minimum absolute atomic E-state index is 0.132. The SMILES string of the molecule is O=C1C=CCC=C1O.O=c1ccccn1O. The minimum Gasteiger partial charge on any atom is -0.504 e. The van der Waals surface area contributed by atoms with Crippen molar-refractivity contribution in [3.05, 3.63) is 58.7 Å². The van der Waals surface area contributed by atoms with Crippen molar-refractivity contribution in [2.24, 2.45) is 0 Å². The molecule has 0 fully saturated rings. The largest absolute Gasteiger partial charge is 0.504 e. The summed E-state index contributed by atoms with van der Waals surface area (Å²) >= 11 is 0. The van der Waals surface area contributed by atoms with Gasteiger partial charge in [-0.25, -0.2) is 0 Å². The predicted octanol–water partition coefficient (Wildman–Crippen LogP) is 1.04. The molecule has 0 spiro atoms. The van der Waals surface area contributed by atoms with E-state index in [4.69, 9.17) is 10.3 Å². The predicted molar refractivity (Wildman–Crippen MR) is 57.4 cm³/mol. The van der Waals surface area contributed by atoms with Crippen LogP contribution in [0.2, 0.25) is 0 Å². The molecular weight excluding hydrogens is 210 g/mol. The van der Waals surface area contributed by atoms with Crippen LogP contribution < -0.4 is 5.56 Å². The molecule has 0 bridgehead atoms. The van der Waals surface area contributed by atoms with Gasteiger partial charge in [-0.05, 0) is 24.6 Å². The minimum atomic E-state index is -0.410. The van der Waals surface area contributed by atoms with Gasteiger partial charge in [-0.15, -0.1) is 0 Å². The Morgan fingerprint density at radius 1 is 1.25 bits per heavy atom. The first kappa shape index (κ1) is 11.8. The van der Waals surface area contributed by atoms with Gasteiger partial charge in [0.05, 0.1) is 0 Å². The maximum absolute atomic E-state index is 10.4. The summed E-state index contributed by atoms with van der Waals surface area (Å²) in [4.78, 5) is 20.7. The summed E-state index contributed by atoms with van der Waals surface area (Å²) in [5, 5.41) is 17.2. The number of allylic oxidation sites excluding steroid dienone is 3. The summed E-state index contributed by atoms with van der Waals surface area (Å²) in [5.41, 5.74) is -0.410. The van der Waals surface area contributed by atoms with Crippen LogP contribution in [0, 0.1) is 0 Å². The van der Waals surface area contributed by atoms with Crippen LogP contribution >= 0.6 is 0 Å². The lowest BCUT2D eigenvalue weighted by Gasteiger charge is -1.96. The number of hydrogen-bond donors (Lipinski definition) is 2. The normalized spacial score (nSPS) is 13.8. The van der Waals surface area contributed by atoms with Crippen LogP contribution in [0.25, 0.3) is 0 Å². The van der Waals surface area contributed by atoms with Crippen LogP contribution in [0.15, 0.2) is 53.2 Å². The molecular formula is C11H11NO4. The first-order valence-corrected chi connectivity index (χ1v) is 4.58. The number of aliphatic hydroxyl groups is 1. The van der Waals surface area contributed by atoms with E-state index in [1.165, 1.54) is 24.4 Å². The van der Waals surface area contributed by atoms with E-state index < -0.39 is 5.56 Å². The Labute approximate surface area is 91.5 Å². The number of pyridine rings is 1. The molecule has 1 aromatic heterocycles. The van der Waals surface area contributed by atoms with Crippen molar-refractivity contribution < 1.29 is 15.1 Å². The first-order chi connectivity index (χ1) is 7.61. The van der Waals surface area contributed by atoms with E-state index in [2.05, 4.69) is 0 Å². The zero-order valence-electron chi connectivity index (χ0n) is 8.41. The fraction of sp³-hybridized carbons (Fsp3) is 0.0909. The van der Waals surface area contributed by atoms with E-state index in [1.54, 1.807) is 18.2 Å². The van der Waals surface area contributed by atoms with Crippen LogP contribution in [0.1, 0.15) is 6.42 Å². The Kier molecular flexibility index (Phi) is 4.08. The van der Waals surface area contributed by atoms with Gasteiger partial charge < -0.3 is 10.3 Å². The number of rotatable bonds is 0. The van der Waals surface area contributed by atoms with Crippen LogP contribution in [-0.2, 0) is 4.79 Å². The molecule has 84 valence electrons. The number of ketones is 1. The number of hydrogen-bond acceptors (Lipinski definition) is 4. The maximum atomic E-state index is 10.4.